The first-order chi connectivity index (χ1) is 14.9. The number of carbonyl (C=O) groups excluding carboxylic acids is 1. The number of rotatable bonds is 8. The summed E-state index contributed by atoms with van der Waals surface area (Å²) < 4.78 is 26.6. The Morgan fingerprint density at radius 3 is 1.94 bits per heavy atom. The lowest BCUT2D eigenvalue weighted by molar-refractivity contribution is 0.252. The molecule has 0 unspecified atom stereocenters. The average molecular weight is 424 g/mol. The molecule has 0 heterocycles. The lowest BCUT2D eigenvalue weighted by Crippen LogP contribution is -2.30. The number of amides is 2. The zero-order chi connectivity index (χ0) is 22.2. The second kappa shape index (κ2) is 10.6. The molecular weight excluding hydrogens is 396 g/mol. The van der Waals surface area contributed by atoms with Crippen LogP contribution < -0.4 is 15.5 Å². The van der Waals surface area contributed by atoms with Crippen LogP contribution in [-0.2, 0) is 0 Å². The van der Waals surface area contributed by atoms with Gasteiger partial charge in [0, 0.05) is 30.2 Å². The van der Waals surface area contributed by atoms with Crippen molar-refractivity contribution in [1.29, 1.82) is 0 Å². The normalized spacial score (nSPS) is 10.6. The molecule has 0 spiro atoms. The van der Waals surface area contributed by atoms with E-state index in [4.69, 9.17) is 0 Å². The molecule has 3 aromatic carbocycles. The Balaban J connectivity index is 1.51. The Hall–Kier alpha value is -3.41. The number of nitrogens with zero attached hydrogens (tertiary/aromatic N) is 1. The number of urea groups is 1. The van der Waals surface area contributed by atoms with Gasteiger partial charge in [0.25, 0.3) is 0 Å². The Labute approximate surface area is 181 Å². The summed E-state index contributed by atoms with van der Waals surface area (Å²) in [6.45, 7) is 5.21. The van der Waals surface area contributed by atoms with Gasteiger partial charge < -0.3 is 15.5 Å². The number of halogens is 2. The maximum Gasteiger partial charge on any atom is 0.319 e. The number of hydrogen-bond acceptors (Lipinski definition) is 2. The fourth-order valence-corrected chi connectivity index (χ4v) is 3.24. The fraction of sp³-hybridized carbons (Fsp3) is 0.240. The second-order valence-corrected chi connectivity index (χ2v) is 7.49. The standard InChI is InChI=1S/C25H27F2N3O/c1-18-5-10-22(17-19(18)2)29-25(31)28-15-3-4-16-30(23-11-6-20(26)7-12-23)24-13-8-21(27)9-14-24/h5-14,17H,3-4,15-16H2,1-2H3,(H2,28,29,31). The van der Waals surface area contributed by atoms with Crippen molar-refractivity contribution in [2.45, 2.75) is 26.7 Å². The van der Waals surface area contributed by atoms with Crippen molar-refractivity contribution in [1.82, 2.24) is 5.32 Å². The van der Waals surface area contributed by atoms with Gasteiger partial charge in [-0.15, -0.1) is 0 Å². The summed E-state index contributed by atoms with van der Waals surface area (Å²) in [5.41, 5.74) is 4.72. The van der Waals surface area contributed by atoms with Crippen molar-refractivity contribution in [2.75, 3.05) is 23.3 Å². The van der Waals surface area contributed by atoms with Gasteiger partial charge >= 0.3 is 6.03 Å². The predicted molar refractivity (Wildman–Crippen MR) is 122 cm³/mol. The summed E-state index contributed by atoms with van der Waals surface area (Å²) in [4.78, 5) is 14.1. The molecule has 3 rings (SSSR count). The molecule has 0 atom stereocenters. The monoisotopic (exact) mass is 423 g/mol. The molecule has 2 N–H and O–H groups in total. The third-order valence-electron chi connectivity index (χ3n) is 5.14. The Morgan fingerprint density at radius 2 is 1.39 bits per heavy atom. The van der Waals surface area contributed by atoms with Crippen molar-refractivity contribution < 1.29 is 13.6 Å². The van der Waals surface area contributed by atoms with E-state index < -0.39 is 0 Å². The van der Waals surface area contributed by atoms with Crippen molar-refractivity contribution >= 4 is 23.1 Å². The van der Waals surface area contributed by atoms with Gasteiger partial charge in [0.2, 0.25) is 0 Å². The summed E-state index contributed by atoms with van der Waals surface area (Å²) in [6.07, 6.45) is 1.55. The van der Waals surface area contributed by atoms with Crippen molar-refractivity contribution in [3.05, 3.63) is 89.5 Å². The van der Waals surface area contributed by atoms with Crippen LogP contribution in [0.1, 0.15) is 24.0 Å². The number of anilines is 3. The van der Waals surface area contributed by atoms with Crippen LogP contribution in [0.15, 0.2) is 66.7 Å². The topological polar surface area (TPSA) is 44.4 Å². The minimum absolute atomic E-state index is 0.239. The molecule has 0 fully saturated rings. The summed E-state index contributed by atoms with van der Waals surface area (Å²) in [5.74, 6) is -0.608. The molecule has 162 valence electrons. The first kappa shape index (κ1) is 22.3. The first-order valence-electron chi connectivity index (χ1n) is 10.3. The molecule has 0 aliphatic carbocycles. The van der Waals surface area contributed by atoms with Crippen LogP contribution in [0.4, 0.5) is 30.6 Å². The highest BCUT2D eigenvalue weighted by Crippen LogP contribution is 2.26. The van der Waals surface area contributed by atoms with E-state index in [0.717, 1.165) is 35.5 Å². The smallest absolute Gasteiger partial charge is 0.319 e. The van der Waals surface area contributed by atoms with E-state index in [0.29, 0.717) is 13.1 Å². The molecule has 0 aliphatic rings. The van der Waals surface area contributed by atoms with E-state index in [1.54, 1.807) is 24.3 Å². The lowest BCUT2D eigenvalue weighted by Gasteiger charge is -2.25. The Morgan fingerprint density at radius 1 is 0.806 bits per heavy atom. The number of unbranched alkanes of at least 4 members (excludes halogenated alkanes) is 1. The van der Waals surface area contributed by atoms with Crippen molar-refractivity contribution in [2.24, 2.45) is 0 Å². The number of benzene rings is 3. The molecule has 4 nitrogen and oxygen atoms in total. The van der Waals surface area contributed by atoms with Crippen LogP contribution in [-0.4, -0.2) is 19.1 Å². The van der Waals surface area contributed by atoms with Crippen molar-refractivity contribution in [3.8, 4) is 0 Å². The summed E-state index contributed by atoms with van der Waals surface area (Å²) >= 11 is 0. The fourth-order valence-electron chi connectivity index (χ4n) is 3.24. The zero-order valence-electron chi connectivity index (χ0n) is 17.8. The largest absolute Gasteiger partial charge is 0.341 e. The summed E-state index contributed by atoms with van der Waals surface area (Å²) in [7, 11) is 0. The maximum absolute atomic E-state index is 13.3. The van der Waals surface area contributed by atoms with Crippen LogP contribution in [0.25, 0.3) is 0 Å². The van der Waals surface area contributed by atoms with E-state index in [9.17, 15) is 13.6 Å². The molecule has 2 amide bonds. The molecule has 0 aromatic heterocycles. The van der Waals surface area contributed by atoms with E-state index in [-0.39, 0.29) is 17.7 Å². The van der Waals surface area contributed by atoms with Gasteiger partial charge in [-0.1, -0.05) is 6.07 Å². The predicted octanol–water partition coefficient (Wildman–Crippen LogP) is 6.32. The van der Waals surface area contributed by atoms with Crippen LogP contribution in [0.2, 0.25) is 0 Å². The number of aryl methyl sites for hydroxylation is 2. The molecule has 0 radical (unpaired) electrons. The van der Waals surface area contributed by atoms with E-state index in [1.807, 2.05) is 36.9 Å². The Kier molecular flexibility index (Phi) is 7.60. The van der Waals surface area contributed by atoms with E-state index in [2.05, 4.69) is 10.6 Å². The van der Waals surface area contributed by atoms with Gasteiger partial charge in [-0.2, -0.15) is 0 Å². The van der Waals surface area contributed by atoms with Crippen LogP contribution in [0, 0.1) is 25.5 Å². The molecular formula is C25H27F2N3O. The van der Waals surface area contributed by atoms with Crippen molar-refractivity contribution in [3.63, 3.8) is 0 Å². The minimum Gasteiger partial charge on any atom is -0.341 e. The first-order valence-corrected chi connectivity index (χ1v) is 10.3. The van der Waals surface area contributed by atoms with E-state index in [1.165, 1.54) is 29.8 Å². The third kappa shape index (κ3) is 6.54. The van der Waals surface area contributed by atoms with Gasteiger partial charge in [0.05, 0.1) is 0 Å². The van der Waals surface area contributed by atoms with Gasteiger partial charge in [-0.25, -0.2) is 13.6 Å². The maximum atomic E-state index is 13.3. The van der Waals surface area contributed by atoms with Gasteiger partial charge in [-0.3, -0.25) is 0 Å². The van der Waals surface area contributed by atoms with Gasteiger partial charge in [-0.05, 0) is 98.5 Å². The lowest BCUT2D eigenvalue weighted by atomic mass is 10.1. The molecule has 0 aliphatic heterocycles. The number of hydrogen-bond donors (Lipinski definition) is 2. The Bertz CT molecular complexity index is 959. The van der Waals surface area contributed by atoms with Crippen LogP contribution in [0.3, 0.4) is 0 Å². The highest BCUT2D eigenvalue weighted by molar-refractivity contribution is 5.89. The average Bonchev–Trinajstić information content (AvgIpc) is 2.75. The third-order valence-corrected chi connectivity index (χ3v) is 5.14. The van der Waals surface area contributed by atoms with Gasteiger partial charge in [0.15, 0.2) is 0 Å². The molecule has 0 saturated heterocycles. The van der Waals surface area contributed by atoms with E-state index >= 15 is 0 Å². The highest BCUT2D eigenvalue weighted by atomic mass is 19.1. The zero-order valence-corrected chi connectivity index (χ0v) is 17.8. The molecule has 6 heteroatoms. The molecule has 0 saturated carbocycles. The number of carbonyl (C=O) groups is 1. The SMILES string of the molecule is Cc1ccc(NC(=O)NCCCCN(c2ccc(F)cc2)c2ccc(F)cc2)cc1C. The summed E-state index contributed by atoms with van der Waals surface area (Å²) in [5, 5.41) is 5.71. The molecule has 3 aromatic rings. The highest BCUT2D eigenvalue weighted by Gasteiger charge is 2.10. The second-order valence-electron chi connectivity index (χ2n) is 7.49. The molecule has 0 bridgehead atoms. The van der Waals surface area contributed by atoms with Crippen LogP contribution >= 0.6 is 0 Å². The van der Waals surface area contributed by atoms with Crippen LogP contribution in [0.5, 0.6) is 0 Å². The number of nitrogens with one attached hydrogen (secondary N) is 2. The minimum atomic E-state index is -0.304. The molecule has 31 heavy (non-hydrogen) atoms. The van der Waals surface area contributed by atoms with Gasteiger partial charge in [0.1, 0.15) is 11.6 Å². The quantitative estimate of drug-likeness (QED) is 0.416. The summed E-state index contributed by atoms with van der Waals surface area (Å²) in [6, 6.07) is 18.0.